The van der Waals surface area contributed by atoms with E-state index in [0.717, 1.165) is 11.1 Å². The Kier molecular flexibility index (Phi) is 16.2. The molecule has 4 rings (SSSR count). The Balaban J connectivity index is 0.000000569. The zero-order valence-electron chi connectivity index (χ0n) is 30.4. The Morgan fingerprint density at radius 3 is 0.744 bits per heavy atom. The molecule has 0 radical (unpaired) electrons. The summed E-state index contributed by atoms with van der Waals surface area (Å²) in [5.74, 6) is 0. The van der Waals surface area contributed by atoms with Gasteiger partial charge in [0.05, 0.1) is 0 Å². The first kappa shape index (κ1) is 43.0. The number of benzene rings is 2. The van der Waals surface area contributed by atoms with Crippen molar-refractivity contribution in [2.75, 3.05) is 28.2 Å². The van der Waals surface area contributed by atoms with Crippen LogP contribution in [0.1, 0.15) is 11.1 Å². The van der Waals surface area contributed by atoms with Crippen molar-refractivity contribution in [1.29, 1.82) is 0 Å². The summed E-state index contributed by atoms with van der Waals surface area (Å²) in [5, 5.41) is 0. The molecular formula is C30H62N6Si6Ti. The fourth-order valence-electron chi connectivity index (χ4n) is 5.72. The largest absolute Gasteiger partial charge is 4.00 e. The van der Waals surface area contributed by atoms with Crippen molar-refractivity contribution in [3.05, 3.63) is 94.9 Å². The van der Waals surface area contributed by atoms with Gasteiger partial charge < -0.3 is 26.2 Å². The van der Waals surface area contributed by atoms with Crippen molar-refractivity contribution in [2.24, 2.45) is 0 Å². The van der Waals surface area contributed by atoms with E-state index in [4.69, 9.17) is 9.30 Å². The maximum Gasteiger partial charge on any atom is 4.00 e. The zero-order valence-corrected chi connectivity index (χ0v) is 37.9. The standard InChI is InChI=1S/2C8H24N3Si3.2C7H7.Ti/c2*1-10-12(3,4)9-13(5,6)11(2)14(10,7)8;2*1-7-5-3-2-4-6-7;/h2*1-8H3;2*2-6H,1H2;/q4*-1;+4. The molecule has 0 amide bonds. The molecule has 0 atom stereocenters. The molecular weight excluding hydrogens is 661 g/mol. The van der Waals surface area contributed by atoms with Crippen LogP contribution in [0.25, 0.3) is 9.30 Å². The second kappa shape index (κ2) is 16.2. The third kappa shape index (κ3) is 11.6. The molecule has 0 N–H and O–H groups in total. The molecule has 6 nitrogen and oxygen atoms in total. The molecule has 0 aliphatic carbocycles. The van der Waals surface area contributed by atoms with Crippen molar-refractivity contribution in [3.63, 3.8) is 0 Å². The van der Waals surface area contributed by atoms with Gasteiger partial charge in [-0.2, -0.15) is 49.2 Å². The minimum absolute atomic E-state index is 0. The summed E-state index contributed by atoms with van der Waals surface area (Å²) in [6.07, 6.45) is 0. The molecule has 2 fully saturated rings. The van der Waals surface area contributed by atoms with Crippen LogP contribution in [0.5, 0.6) is 0 Å². The van der Waals surface area contributed by atoms with E-state index in [2.05, 4.69) is 138 Å². The van der Waals surface area contributed by atoms with Gasteiger partial charge in [0.15, 0.2) is 16.8 Å². The maximum atomic E-state index is 5.17. The van der Waals surface area contributed by atoms with Gasteiger partial charge in [-0.15, -0.1) is 24.3 Å². The summed E-state index contributed by atoms with van der Waals surface area (Å²) in [6.45, 7) is 36.3. The molecule has 0 bridgehead atoms. The Bertz CT molecular complexity index is 971. The van der Waals surface area contributed by atoms with Crippen LogP contribution in [-0.2, 0) is 21.7 Å². The first-order chi connectivity index (χ1) is 18.8. The molecule has 2 saturated heterocycles. The SMILES string of the molecule is CN1[Si](C)(C)[N-][Si](C)(C)N(C)[Si]1(C)C.CN1[Si](C)(C)[N-][Si](C)(C)N(C)[Si]1(C)C.[CH2-]c1ccccc1.[CH2-]c1ccccc1.[Ti+4]. The fourth-order valence-corrected chi connectivity index (χ4v) is 45.4. The number of hydrogen-bond donors (Lipinski definition) is 0. The first-order valence-electron chi connectivity index (χ1n) is 15.0. The second-order valence-corrected chi connectivity index (χ2v) is 41.3. The van der Waals surface area contributed by atoms with E-state index in [9.17, 15) is 0 Å². The summed E-state index contributed by atoms with van der Waals surface area (Å²) in [4.78, 5) is 0. The third-order valence-corrected chi connectivity index (χ3v) is 44.4. The summed E-state index contributed by atoms with van der Waals surface area (Å²) < 4.78 is 20.8. The second-order valence-electron chi connectivity index (χ2n) is 14.4. The van der Waals surface area contributed by atoms with Crippen molar-refractivity contribution in [2.45, 2.75) is 78.6 Å². The van der Waals surface area contributed by atoms with E-state index in [-0.39, 0.29) is 21.7 Å². The van der Waals surface area contributed by atoms with Gasteiger partial charge in [-0.05, 0) is 54.4 Å². The molecule has 0 saturated carbocycles. The number of nitrogens with zero attached hydrogens (tertiary/aromatic N) is 6. The summed E-state index contributed by atoms with van der Waals surface area (Å²) >= 11 is 0. The maximum absolute atomic E-state index is 5.17. The number of rotatable bonds is 0. The molecule has 2 heterocycles. The predicted octanol–water partition coefficient (Wildman–Crippen LogP) is 8.42. The molecule has 2 aliphatic rings. The molecule has 240 valence electrons. The van der Waals surface area contributed by atoms with Crippen LogP contribution in [0.2, 0.25) is 78.6 Å². The fraction of sp³-hybridized carbons (Fsp3) is 0.533. The Morgan fingerprint density at radius 2 is 0.605 bits per heavy atom. The summed E-state index contributed by atoms with van der Waals surface area (Å²) in [6, 6.07) is 19.7. The minimum Gasteiger partial charge on any atom is -0.643 e. The first-order valence-corrected chi connectivity index (χ1v) is 32.4. The van der Waals surface area contributed by atoms with E-state index in [0.29, 0.717) is 0 Å². The molecule has 0 spiro atoms. The van der Waals surface area contributed by atoms with E-state index >= 15 is 0 Å². The van der Waals surface area contributed by atoms with E-state index in [1.165, 1.54) is 0 Å². The van der Waals surface area contributed by atoms with Crippen LogP contribution in [0.3, 0.4) is 0 Å². The molecule has 0 aromatic heterocycles. The van der Waals surface area contributed by atoms with Gasteiger partial charge in [0, 0.05) is 33.6 Å². The average Bonchev–Trinajstić information content (AvgIpc) is 2.86. The minimum atomic E-state index is -1.47. The van der Waals surface area contributed by atoms with Gasteiger partial charge in [-0.3, -0.25) is 0 Å². The zero-order chi connectivity index (χ0) is 32.9. The van der Waals surface area contributed by atoms with Gasteiger partial charge >= 0.3 is 21.7 Å². The smallest absolute Gasteiger partial charge is 0.643 e. The van der Waals surface area contributed by atoms with Crippen LogP contribution < -0.4 is 0 Å². The van der Waals surface area contributed by atoms with Crippen molar-refractivity contribution < 1.29 is 21.7 Å². The van der Waals surface area contributed by atoms with Crippen molar-refractivity contribution >= 4 is 50.4 Å². The monoisotopic (exact) mass is 722 g/mol. The van der Waals surface area contributed by atoms with Crippen molar-refractivity contribution in [3.8, 4) is 0 Å². The normalized spacial score (nSPS) is 23.4. The molecule has 13 heteroatoms. The van der Waals surface area contributed by atoms with Gasteiger partial charge in [-0.1, -0.05) is 64.5 Å². The van der Waals surface area contributed by atoms with Gasteiger partial charge in [0.2, 0.25) is 0 Å². The quantitative estimate of drug-likeness (QED) is 0.202. The molecule has 2 aromatic carbocycles. The van der Waals surface area contributed by atoms with Crippen molar-refractivity contribution in [1.82, 2.24) is 16.9 Å². The van der Waals surface area contributed by atoms with E-state index in [1.54, 1.807) is 0 Å². The van der Waals surface area contributed by atoms with Crippen LogP contribution in [0.4, 0.5) is 0 Å². The van der Waals surface area contributed by atoms with E-state index < -0.39 is 50.4 Å². The predicted molar refractivity (Wildman–Crippen MR) is 204 cm³/mol. The van der Waals surface area contributed by atoms with Crippen LogP contribution >= 0.6 is 0 Å². The molecule has 2 aromatic rings. The average molecular weight is 723 g/mol. The third-order valence-electron chi connectivity index (χ3n) is 9.35. The molecule has 43 heavy (non-hydrogen) atoms. The summed E-state index contributed by atoms with van der Waals surface area (Å²) in [7, 11) is 0.510. The Hall–Kier alpha value is -0.0444. The summed E-state index contributed by atoms with van der Waals surface area (Å²) in [5.41, 5.74) is 2.14. The van der Waals surface area contributed by atoms with Crippen LogP contribution in [0.15, 0.2) is 60.7 Å². The van der Waals surface area contributed by atoms with Gasteiger partial charge in [0.25, 0.3) is 0 Å². The Labute approximate surface area is 288 Å². The van der Waals surface area contributed by atoms with E-state index in [1.807, 2.05) is 60.7 Å². The molecule has 2 aliphatic heterocycles. The Morgan fingerprint density at radius 1 is 0.419 bits per heavy atom. The topological polar surface area (TPSA) is 41.2 Å². The van der Waals surface area contributed by atoms with Crippen LogP contribution in [-0.4, -0.2) is 95.5 Å². The van der Waals surface area contributed by atoms with Gasteiger partial charge in [0.1, 0.15) is 0 Å². The van der Waals surface area contributed by atoms with Gasteiger partial charge in [-0.25, -0.2) is 0 Å². The van der Waals surface area contributed by atoms with Crippen LogP contribution in [0, 0.1) is 13.8 Å². The number of hydrogen-bond acceptors (Lipinski definition) is 4. The molecule has 0 unspecified atom stereocenters.